The van der Waals surface area contributed by atoms with Crippen LogP contribution < -0.4 is 24.8 Å². The van der Waals surface area contributed by atoms with Gasteiger partial charge in [0.2, 0.25) is 0 Å². The van der Waals surface area contributed by atoms with Crippen LogP contribution in [0.1, 0.15) is 15.9 Å². The number of benzene rings is 3. The van der Waals surface area contributed by atoms with Gasteiger partial charge in [0, 0.05) is 23.4 Å². The first kappa shape index (κ1) is 25.3. The molecule has 0 saturated heterocycles. The molecule has 0 aliphatic heterocycles. The summed E-state index contributed by atoms with van der Waals surface area (Å²) in [6.45, 7) is -0.593. The summed E-state index contributed by atoms with van der Waals surface area (Å²) in [7, 11) is 1.34. The average molecular weight is 492 g/mol. The predicted molar refractivity (Wildman–Crippen MR) is 118 cm³/mol. The summed E-state index contributed by atoms with van der Waals surface area (Å²) in [4.78, 5) is 24.6. The molecule has 0 fully saturated rings. The molecule has 0 aliphatic rings. The van der Waals surface area contributed by atoms with Crippen LogP contribution in [0.3, 0.4) is 0 Å². The number of rotatable bonds is 9. The first-order valence-corrected chi connectivity index (χ1v) is 10.1. The van der Waals surface area contributed by atoms with Crippen LogP contribution in [-0.4, -0.2) is 31.9 Å². The van der Waals surface area contributed by atoms with Gasteiger partial charge >= 0.3 is 6.36 Å². The second kappa shape index (κ2) is 11.2. The van der Waals surface area contributed by atoms with Crippen molar-refractivity contribution >= 4 is 17.5 Å². The van der Waals surface area contributed by atoms with E-state index in [1.54, 1.807) is 0 Å². The average Bonchev–Trinajstić information content (AvgIpc) is 2.82. The SMILES string of the molecule is COc1cc(C(=O)NCc2ccccc2OC(F)(F)F)ccc1OCC(=O)Nc1ccc(F)cc1. The number of carbonyl (C=O) groups excluding carboxylic acids is 2. The van der Waals surface area contributed by atoms with Gasteiger partial charge in [0.1, 0.15) is 11.6 Å². The Kier molecular flexibility index (Phi) is 8.13. The molecule has 7 nitrogen and oxygen atoms in total. The Morgan fingerprint density at radius 1 is 0.914 bits per heavy atom. The molecule has 35 heavy (non-hydrogen) atoms. The Labute approximate surface area is 197 Å². The zero-order valence-electron chi connectivity index (χ0n) is 18.3. The molecule has 0 saturated carbocycles. The largest absolute Gasteiger partial charge is 0.573 e. The molecule has 11 heteroatoms. The lowest BCUT2D eigenvalue weighted by Crippen LogP contribution is -2.24. The molecule has 0 heterocycles. The van der Waals surface area contributed by atoms with Crippen LogP contribution in [0, 0.1) is 5.82 Å². The van der Waals surface area contributed by atoms with Gasteiger partial charge in [-0.2, -0.15) is 0 Å². The van der Waals surface area contributed by atoms with Crippen LogP contribution in [0.15, 0.2) is 66.7 Å². The minimum atomic E-state index is -4.86. The third-order valence-corrected chi connectivity index (χ3v) is 4.55. The molecule has 0 spiro atoms. The Balaban J connectivity index is 1.60. The van der Waals surface area contributed by atoms with Gasteiger partial charge in [0.25, 0.3) is 11.8 Å². The number of alkyl halides is 3. The second-order valence-corrected chi connectivity index (χ2v) is 7.05. The van der Waals surface area contributed by atoms with E-state index >= 15 is 0 Å². The van der Waals surface area contributed by atoms with Crippen molar-refractivity contribution in [1.29, 1.82) is 0 Å². The molecule has 2 N–H and O–H groups in total. The number of carbonyl (C=O) groups is 2. The van der Waals surface area contributed by atoms with Gasteiger partial charge in [-0.25, -0.2) is 4.39 Å². The highest BCUT2D eigenvalue weighted by Gasteiger charge is 2.32. The third kappa shape index (κ3) is 7.63. The molecular weight excluding hydrogens is 472 g/mol. The summed E-state index contributed by atoms with van der Waals surface area (Å²) in [5.41, 5.74) is 0.678. The van der Waals surface area contributed by atoms with Gasteiger partial charge in [0.05, 0.1) is 7.11 Å². The zero-order valence-corrected chi connectivity index (χ0v) is 18.3. The Morgan fingerprint density at radius 2 is 1.63 bits per heavy atom. The number of methoxy groups -OCH3 is 1. The lowest BCUT2D eigenvalue weighted by atomic mass is 10.1. The van der Waals surface area contributed by atoms with E-state index in [1.807, 2.05) is 0 Å². The predicted octanol–water partition coefficient (Wildman–Crippen LogP) is 4.68. The molecule has 0 radical (unpaired) electrons. The zero-order chi connectivity index (χ0) is 25.4. The normalized spacial score (nSPS) is 10.9. The molecule has 3 rings (SSSR count). The van der Waals surface area contributed by atoms with Gasteiger partial charge in [-0.1, -0.05) is 18.2 Å². The van der Waals surface area contributed by atoms with Crippen molar-refractivity contribution in [3.8, 4) is 17.2 Å². The smallest absolute Gasteiger partial charge is 0.493 e. The maximum Gasteiger partial charge on any atom is 0.573 e. The van der Waals surface area contributed by atoms with Crippen LogP contribution in [-0.2, 0) is 11.3 Å². The van der Waals surface area contributed by atoms with Crippen LogP contribution in [0.5, 0.6) is 17.2 Å². The molecule has 0 aliphatic carbocycles. The highest BCUT2D eigenvalue weighted by Crippen LogP contribution is 2.29. The molecular formula is C24H20F4N2O5. The molecule has 0 unspecified atom stereocenters. The van der Waals surface area contributed by atoms with Gasteiger partial charge in [-0.15, -0.1) is 13.2 Å². The van der Waals surface area contributed by atoms with Crippen molar-refractivity contribution in [1.82, 2.24) is 5.32 Å². The molecule has 0 atom stereocenters. The van der Waals surface area contributed by atoms with E-state index in [9.17, 15) is 27.2 Å². The quantitative estimate of drug-likeness (QED) is 0.424. The molecule has 3 aromatic rings. The molecule has 2 amide bonds. The van der Waals surface area contributed by atoms with E-state index in [0.717, 1.165) is 6.07 Å². The fourth-order valence-corrected chi connectivity index (χ4v) is 2.95. The first-order valence-electron chi connectivity index (χ1n) is 10.1. The summed E-state index contributed by atoms with van der Waals surface area (Å²) in [6.07, 6.45) is -4.86. The van der Waals surface area contributed by atoms with E-state index in [2.05, 4.69) is 15.4 Å². The number of anilines is 1. The topological polar surface area (TPSA) is 85.9 Å². The summed E-state index contributed by atoms with van der Waals surface area (Å²) < 4.78 is 65.3. The van der Waals surface area contributed by atoms with Crippen molar-refractivity contribution in [2.24, 2.45) is 0 Å². The standard InChI is InChI=1S/C24H20F4N2O5/c1-33-21-12-15(23(32)29-13-16-4-2-3-5-19(16)35-24(26,27)28)6-11-20(21)34-14-22(31)30-18-9-7-17(25)8-10-18/h2-12H,13-14H2,1H3,(H,29,32)(H,30,31). The fraction of sp³-hybridized carbons (Fsp3) is 0.167. The minimum Gasteiger partial charge on any atom is -0.493 e. The number of halogens is 4. The number of ether oxygens (including phenoxy) is 3. The van der Waals surface area contributed by atoms with Gasteiger partial charge in [-0.3, -0.25) is 9.59 Å². The Hall–Kier alpha value is -4.28. The van der Waals surface area contributed by atoms with Crippen LogP contribution in [0.25, 0.3) is 0 Å². The van der Waals surface area contributed by atoms with Crippen molar-refractivity contribution in [2.75, 3.05) is 19.0 Å². The first-order chi connectivity index (χ1) is 16.6. The van der Waals surface area contributed by atoms with Crippen molar-refractivity contribution in [2.45, 2.75) is 12.9 Å². The van der Waals surface area contributed by atoms with Gasteiger partial charge in [-0.05, 0) is 48.5 Å². The Bertz CT molecular complexity index is 1180. The monoisotopic (exact) mass is 492 g/mol. The number of hydrogen-bond acceptors (Lipinski definition) is 5. The van der Waals surface area contributed by atoms with E-state index in [4.69, 9.17) is 9.47 Å². The van der Waals surface area contributed by atoms with Gasteiger partial charge in [0.15, 0.2) is 18.1 Å². The second-order valence-electron chi connectivity index (χ2n) is 7.05. The molecule has 0 bridgehead atoms. The van der Waals surface area contributed by atoms with Crippen molar-refractivity contribution in [3.05, 3.63) is 83.7 Å². The molecule has 0 aromatic heterocycles. The summed E-state index contributed by atoms with van der Waals surface area (Å²) in [6, 6.07) is 14.8. The number of hydrogen-bond donors (Lipinski definition) is 2. The van der Waals surface area contributed by atoms with E-state index in [-0.39, 0.29) is 35.8 Å². The third-order valence-electron chi connectivity index (χ3n) is 4.55. The maximum atomic E-state index is 13.0. The highest BCUT2D eigenvalue weighted by atomic mass is 19.4. The maximum absolute atomic E-state index is 13.0. The van der Waals surface area contributed by atoms with Crippen LogP contribution in [0.4, 0.5) is 23.2 Å². The number of amides is 2. The van der Waals surface area contributed by atoms with E-state index in [1.165, 1.54) is 67.8 Å². The molecule has 184 valence electrons. The summed E-state index contributed by atoms with van der Waals surface area (Å²) >= 11 is 0. The lowest BCUT2D eigenvalue weighted by Gasteiger charge is -2.14. The van der Waals surface area contributed by atoms with Crippen molar-refractivity contribution in [3.63, 3.8) is 0 Å². The summed E-state index contributed by atoms with van der Waals surface area (Å²) in [5, 5.41) is 5.06. The van der Waals surface area contributed by atoms with E-state index in [0.29, 0.717) is 5.69 Å². The highest BCUT2D eigenvalue weighted by molar-refractivity contribution is 5.95. The molecule has 3 aromatic carbocycles. The fourth-order valence-electron chi connectivity index (χ4n) is 2.95. The van der Waals surface area contributed by atoms with Crippen LogP contribution >= 0.6 is 0 Å². The summed E-state index contributed by atoms with van der Waals surface area (Å²) in [5.74, 6) is -1.59. The number of para-hydroxylation sites is 1. The number of nitrogens with one attached hydrogen (secondary N) is 2. The Morgan fingerprint density at radius 3 is 2.31 bits per heavy atom. The lowest BCUT2D eigenvalue weighted by molar-refractivity contribution is -0.274. The van der Waals surface area contributed by atoms with Gasteiger partial charge < -0.3 is 24.8 Å². The van der Waals surface area contributed by atoms with Crippen molar-refractivity contribution < 1.29 is 41.4 Å². The van der Waals surface area contributed by atoms with Crippen LogP contribution in [0.2, 0.25) is 0 Å². The van der Waals surface area contributed by atoms with E-state index < -0.39 is 29.7 Å². The minimum absolute atomic E-state index is 0.136.